The van der Waals surface area contributed by atoms with E-state index in [1.807, 2.05) is 19.9 Å². The maximum absolute atomic E-state index is 12.7. The van der Waals surface area contributed by atoms with Gasteiger partial charge in [0.05, 0.1) is 31.3 Å². The molecule has 1 aromatic carbocycles. The number of methoxy groups -OCH3 is 2. The maximum atomic E-state index is 12.7. The molecule has 2 aromatic heterocycles. The first-order chi connectivity index (χ1) is 15.8. The summed E-state index contributed by atoms with van der Waals surface area (Å²) >= 11 is 0. The first kappa shape index (κ1) is 24.3. The number of amides is 1. The van der Waals surface area contributed by atoms with Crippen molar-refractivity contribution in [2.24, 2.45) is 5.92 Å². The zero-order valence-corrected chi connectivity index (χ0v) is 19.9. The Morgan fingerprint density at radius 1 is 1.15 bits per heavy atom. The molecule has 0 aliphatic carbocycles. The van der Waals surface area contributed by atoms with Gasteiger partial charge in [0.15, 0.2) is 5.69 Å². The van der Waals surface area contributed by atoms with E-state index in [-0.39, 0.29) is 17.5 Å². The van der Waals surface area contributed by atoms with Gasteiger partial charge in [-0.3, -0.25) is 4.79 Å². The number of nitrogens with zero attached hydrogens (tertiary/aromatic N) is 2. The van der Waals surface area contributed by atoms with E-state index in [4.69, 9.17) is 9.47 Å². The van der Waals surface area contributed by atoms with Gasteiger partial charge in [0.25, 0.3) is 0 Å². The lowest BCUT2D eigenvalue weighted by Gasteiger charge is -2.11. The number of aromatic nitrogens is 2. The van der Waals surface area contributed by atoms with Gasteiger partial charge in [0, 0.05) is 32.0 Å². The molecule has 176 valence electrons. The fourth-order valence-corrected chi connectivity index (χ4v) is 3.63. The quantitative estimate of drug-likeness (QED) is 0.444. The molecule has 0 spiro atoms. The number of esters is 1. The van der Waals surface area contributed by atoms with Crippen LogP contribution in [0.25, 0.3) is 11.0 Å². The van der Waals surface area contributed by atoms with Crippen LogP contribution in [0.2, 0.25) is 0 Å². The van der Waals surface area contributed by atoms with E-state index in [9.17, 15) is 9.59 Å². The molecule has 0 aliphatic heterocycles. The van der Waals surface area contributed by atoms with Crippen molar-refractivity contribution < 1.29 is 19.1 Å². The molecule has 0 bridgehead atoms. The SMILES string of the molecule is COCCn1c(C(=O)OC)c(NC(=O)CC(C)C)c2cc(NCc3ccc(C)cc3)cnc21. The molecule has 1 amide bonds. The predicted octanol–water partition coefficient (Wildman–Crippen LogP) is 4.37. The predicted molar refractivity (Wildman–Crippen MR) is 130 cm³/mol. The number of hydrogen-bond donors (Lipinski definition) is 2. The molecule has 8 nitrogen and oxygen atoms in total. The Labute approximate surface area is 194 Å². The summed E-state index contributed by atoms with van der Waals surface area (Å²) in [5.41, 5.74) is 4.36. The molecular weight excluding hydrogens is 420 g/mol. The number of nitrogens with one attached hydrogen (secondary N) is 2. The van der Waals surface area contributed by atoms with Gasteiger partial charge in [0.2, 0.25) is 5.91 Å². The molecule has 0 atom stereocenters. The van der Waals surface area contributed by atoms with Gasteiger partial charge >= 0.3 is 5.97 Å². The first-order valence-electron chi connectivity index (χ1n) is 11.0. The zero-order valence-electron chi connectivity index (χ0n) is 19.9. The summed E-state index contributed by atoms with van der Waals surface area (Å²) in [6.45, 7) is 7.38. The van der Waals surface area contributed by atoms with E-state index < -0.39 is 5.97 Å². The number of fused-ring (bicyclic) bond motifs is 1. The van der Waals surface area contributed by atoms with Crippen LogP contribution in [0, 0.1) is 12.8 Å². The number of rotatable bonds is 10. The largest absolute Gasteiger partial charge is 0.464 e. The standard InChI is InChI=1S/C25H32N4O4/c1-16(2)12-21(30)28-22-20-13-19(26-14-18-8-6-17(3)7-9-18)15-27-24(20)29(10-11-32-4)23(22)25(31)33-5/h6-9,13,15-16,26H,10-12,14H2,1-5H3,(H,28,30). The van der Waals surface area contributed by atoms with Crippen LogP contribution in [0.1, 0.15) is 41.9 Å². The van der Waals surface area contributed by atoms with Crippen molar-refractivity contribution in [3.05, 3.63) is 53.3 Å². The second kappa shape index (κ2) is 11.0. The van der Waals surface area contributed by atoms with E-state index in [0.717, 1.165) is 11.3 Å². The van der Waals surface area contributed by atoms with Gasteiger partial charge in [-0.25, -0.2) is 9.78 Å². The van der Waals surface area contributed by atoms with Crippen LogP contribution in [0.4, 0.5) is 11.4 Å². The van der Waals surface area contributed by atoms with Crippen molar-refractivity contribution in [3.8, 4) is 0 Å². The van der Waals surface area contributed by atoms with Gasteiger partial charge in [-0.2, -0.15) is 0 Å². The van der Waals surface area contributed by atoms with Crippen molar-refractivity contribution in [1.29, 1.82) is 0 Å². The number of pyridine rings is 1. The number of ether oxygens (including phenoxy) is 2. The topological polar surface area (TPSA) is 94.5 Å². The van der Waals surface area contributed by atoms with E-state index >= 15 is 0 Å². The molecule has 0 fully saturated rings. The number of benzene rings is 1. The highest BCUT2D eigenvalue weighted by Crippen LogP contribution is 2.33. The Kier molecular flexibility index (Phi) is 8.06. The summed E-state index contributed by atoms with van der Waals surface area (Å²) < 4.78 is 12.0. The van der Waals surface area contributed by atoms with Crippen molar-refractivity contribution in [1.82, 2.24) is 9.55 Å². The minimum absolute atomic E-state index is 0.168. The number of carbonyl (C=O) groups is 2. The van der Waals surface area contributed by atoms with Gasteiger partial charge in [-0.15, -0.1) is 0 Å². The number of anilines is 2. The Morgan fingerprint density at radius 2 is 1.88 bits per heavy atom. The van der Waals surface area contributed by atoms with Crippen molar-refractivity contribution in [3.63, 3.8) is 0 Å². The summed E-state index contributed by atoms with van der Waals surface area (Å²) in [7, 11) is 2.91. The van der Waals surface area contributed by atoms with E-state index in [0.29, 0.717) is 42.8 Å². The van der Waals surface area contributed by atoms with Crippen LogP contribution >= 0.6 is 0 Å². The molecule has 8 heteroatoms. The normalized spacial score (nSPS) is 11.1. The molecular formula is C25H32N4O4. The maximum Gasteiger partial charge on any atom is 0.356 e. The Balaban J connectivity index is 2.04. The van der Waals surface area contributed by atoms with Crippen molar-refractivity contribution >= 4 is 34.3 Å². The van der Waals surface area contributed by atoms with Crippen LogP contribution in [-0.4, -0.2) is 42.3 Å². The smallest absolute Gasteiger partial charge is 0.356 e. The van der Waals surface area contributed by atoms with E-state index in [1.165, 1.54) is 12.7 Å². The van der Waals surface area contributed by atoms with Gasteiger partial charge in [-0.05, 0) is 24.5 Å². The van der Waals surface area contributed by atoms with Gasteiger partial charge < -0.3 is 24.7 Å². The summed E-state index contributed by atoms with van der Waals surface area (Å²) in [4.78, 5) is 30.0. The summed E-state index contributed by atoms with van der Waals surface area (Å²) in [6.07, 6.45) is 2.06. The van der Waals surface area contributed by atoms with Crippen LogP contribution in [0.3, 0.4) is 0 Å². The molecule has 0 saturated carbocycles. The molecule has 2 heterocycles. The highest BCUT2D eigenvalue weighted by Gasteiger charge is 2.26. The Morgan fingerprint density at radius 3 is 2.52 bits per heavy atom. The van der Waals surface area contributed by atoms with Crippen molar-refractivity contribution in [2.45, 2.75) is 40.3 Å². The summed E-state index contributed by atoms with van der Waals surface area (Å²) in [5.74, 6) is -0.532. The third kappa shape index (κ3) is 5.90. The average Bonchev–Trinajstić information content (AvgIpc) is 3.08. The minimum Gasteiger partial charge on any atom is -0.464 e. The van der Waals surface area contributed by atoms with Crippen molar-refractivity contribution in [2.75, 3.05) is 31.5 Å². The molecule has 0 saturated heterocycles. The molecule has 0 radical (unpaired) electrons. The monoisotopic (exact) mass is 452 g/mol. The second-order valence-electron chi connectivity index (χ2n) is 8.44. The third-order valence-electron chi connectivity index (χ3n) is 5.27. The Hall–Kier alpha value is -3.39. The molecule has 3 rings (SSSR count). The Bertz CT molecular complexity index is 1120. The second-order valence-corrected chi connectivity index (χ2v) is 8.44. The first-order valence-corrected chi connectivity index (χ1v) is 11.0. The highest BCUT2D eigenvalue weighted by atomic mass is 16.5. The van der Waals surface area contributed by atoms with Gasteiger partial charge in [0.1, 0.15) is 5.65 Å². The summed E-state index contributed by atoms with van der Waals surface area (Å²) in [5, 5.41) is 6.97. The summed E-state index contributed by atoms with van der Waals surface area (Å²) in [6, 6.07) is 10.2. The fraction of sp³-hybridized carbons (Fsp3) is 0.400. The number of carbonyl (C=O) groups excluding carboxylic acids is 2. The van der Waals surface area contributed by atoms with Crippen LogP contribution in [-0.2, 0) is 27.4 Å². The lowest BCUT2D eigenvalue weighted by atomic mass is 10.1. The lowest BCUT2D eigenvalue weighted by molar-refractivity contribution is -0.116. The van der Waals surface area contributed by atoms with Crippen LogP contribution in [0.15, 0.2) is 36.5 Å². The van der Waals surface area contributed by atoms with Crippen LogP contribution < -0.4 is 10.6 Å². The average molecular weight is 453 g/mol. The highest BCUT2D eigenvalue weighted by molar-refractivity contribution is 6.11. The van der Waals surface area contributed by atoms with E-state index in [2.05, 4.69) is 46.8 Å². The van der Waals surface area contributed by atoms with E-state index in [1.54, 1.807) is 17.9 Å². The number of aryl methyl sites for hydroxylation is 1. The molecule has 0 unspecified atom stereocenters. The lowest BCUT2D eigenvalue weighted by Crippen LogP contribution is -2.19. The molecule has 2 N–H and O–H groups in total. The van der Waals surface area contributed by atoms with Gasteiger partial charge in [-0.1, -0.05) is 43.7 Å². The third-order valence-corrected chi connectivity index (χ3v) is 5.27. The number of hydrogen-bond acceptors (Lipinski definition) is 6. The molecule has 0 aliphatic rings. The zero-order chi connectivity index (χ0) is 24.0. The minimum atomic E-state index is -0.543. The molecule has 3 aromatic rings. The fourth-order valence-electron chi connectivity index (χ4n) is 3.63. The van der Waals surface area contributed by atoms with Crippen LogP contribution in [0.5, 0.6) is 0 Å². The molecule has 33 heavy (non-hydrogen) atoms.